The molecule has 2 aliphatic rings. The molecule has 2 rings (SSSR count). The van der Waals surface area contributed by atoms with Crippen LogP contribution in [0.2, 0.25) is 0 Å². The molecule has 0 aromatic carbocycles. The molecule has 0 unspecified atom stereocenters. The van der Waals surface area contributed by atoms with E-state index in [4.69, 9.17) is 4.74 Å². The first-order valence-electron chi connectivity index (χ1n) is 5.54. The molecule has 1 saturated carbocycles. The SMILES string of the molecule is COC(=O)[C@H]1CC[C@@]2(CCC(=O)N2)CC1. The molecule has 0 bridgehead atoms. The van der Waals surface area contributed by atoms with E-state index in [2.05, 4.69) is 5.32 Å². The molecule has 84 valence electrons. The highest BCUT2D eigenvalue weighted by Gasteiger charge is 2.42. The monoisotopic (exact) mass is 211 g/mol. The zero-order chi connectivity index (χ0) is 10.9. The van der Waals surface area contributed by atoms with Crippen LogP contribution in [0.4, 0.5) is 0 Å². The second kappa shape index (κ2) is 3.83. The maximum Gasteiger partial charge on any atom is 0.308 e. The molecule has 1 heterocycles. The Labute approximate surface area is 89.4 Å². The van der Waals surface area contributed by atoms with Crippen LogP contribution in [0.15, 0.2) is 0 Å². The number of nitrogens with one attached hydrogen (secondary N) is 1. The van der Waals surface area contributed by atoms with Gasteiger partial charge in [-0.2, -0.15) is 0 Å². The lowest BCUT2D eigenvalue weighted by atomic mass is 9.76. The Bertz CT molecular complexity index is 280. The molecule has 2 fully saturated rings. The average molecular weight is 211 g/mol. The lowest BCUT2D eigenvalue weighted by molar-refractivity contribution is -0.147. The Morgan fingerprint density at radius 3 is 2.53 bits per heavy atom. The van der Waals surface area contributed by atoms with Crippen LogP contribution in [0, 0.1) is 5.92 Å². The van der Waals surface area contributed by atoms with Crippen LogP contribution in [-0.2, 0) is 14.3 Å². The first-order valence-corrected chi connectivity index (χ1v) is 5.54. The third-order valence-corrected chi connectivity index (χ3v) is 3.71. The Morgan fingerprint density at radius 1 is 1.40 bits per heavy atom. The Kier molecular flexibility index (Phi) is 2.67. The number of amides is 1. The molecular formula is C11H17NO3. The maximum absolute atomic E-state index is 11.3. The van der Waals surface area contributed by atoms with Crippen molar-refractivity contribution in [2.45, 2.75) is 44.1 Å². The molecule has 0 aromatic rings. The van der Waals surface area contributed by atoms with Crippen LogP contribution in [0.5, 0.6) is 0 Å². The highest BCUT2D eigenvalue weighted by molar-refractivity contribution is 5.79. The van der Waals surface area contributed by atoms with Crippen LogP contribution < -0.4 is 5.32 Å². The summed E-state index contributed by atoms with van der Waals surface area (Å²) < 4.78 is 4.74. The Balaban J connectivity index is 1.92. The molecule has 15 heavy (non-hydrogen) atoms. The van der Waals surface area contributed by atoms with Gasteiger partial charge in [0.25, 0.3) is 0 Å². The molecule has 1 aliphatic heterocycles. The minimum atomic E-state index is -0.103. The second-order valence-electron chi connectivity index (χ2n) is 4.63. The summed E-state index contributed by atoms with van der Waals surface area (Å²) in [5.41, 5.74) is 0.00159. The molecule has 1 aliphatic carbocycles. The number of ether oxygens (including phenoxy) is 1. The summed E-state index contributed by atoms with van der Waals surface area (Å²) in [6.07, 6.45) is 5.08. The molecule has 0 atom stereocenters. The van der Waals surface area contributed by atoms with Gasteiger partial charge in [0, 0.05) is 12.0 Å². The molecular weight excluding hydrogens is 194 g/mol. The molecule has 1 spiro atoms. The summed E-state index contributed by atoms with van der Waals surface area (Å²) >= 11 is 0. The van der Waals surface area contributed by atoms with E-state index in [1.165, 1.54) is 7.11 Å². The number of hydrogen-bond donors (Lipinski definition) is 1. The molecule has 0 aromatic heterocycles. The molecule has 4 nitrogen and oxygen atoms in total. The lowest BCUT2D eigenvalue weighted by Crippen LogP contribution is -2.45. The molecule has 4 heteroatoms. The summed E-state index contributed by atoms with van der Waals surface area (Å²) in [6.45, 7) is 0. The van der Waals surface area contributed by atoms with Crippen molar-refractivity contribution in [2.24, 2.45) is 5.92 Å². The zero-order valence-electron chi connectivity index (χ0n) is 9.04. The van der Waals surface area contributed by atoms with E-state index in [0.717, 1.165) is 32.1 Å². The first-order chi connectivity index (χ1) is 7.15. The smallest absolute Gasteiger partial charge is 0.308 e. The molecule has 1 saturated heterocycles. The van der Waals surface area contributed by atoms with Gasteiger partial charge in [-0.05, 0) is 32.1 Å². The van der Waals surface area contributed by atoms with Gasteiger partial charge in [0.15, 0.2) is 0 Å². The summed E-state index contributed by atoms with van der Waals surface area (Å²) in [5.74, 6) is 0.0961. The Hall–Kier alpha value is -1.06. The second-order valence-corrected chi connectivity index (χ2v) is 4.63. The largest absolute Gasteiger partial charge is 0.469 e. The lowest BCUT2D eigenvalue weighted by Gasteiger charge is -2.36. The van der Waals surface area contributed by atoms with Gasteiger partial charge in [-0.15, -0.1) is 0 Å². The van der Waals surface area contributed by atoms with Gasteiger partial charge < -0.3 is 10.1 Å². The number of methoxy groups -OCH3 is 1. The first kappa shape index (κ1) is 10.5. The van der Waals surface area contributed by atoms with Gasteiger partial charge in [0.2, 0.25) is 5.91 Å². The molecule has 0 radical (unpaired) electrons. The fourth-order valence-electron chi connectivity index (χ4n) is 2.72. The Morgan fingerprint density at radius 2 is 2.07 bits per heavy atom. The third-order valence-electron chi connectivity index (χ3n) is 3.71. The van der Waals surface area contributed by atoms with Crippen molar-refractivity contribution in [1.29, 1.82) is 0 Å². The van der Waals surface area contributed by atoms with Crippen LogP contribution >= 0.6 is 0 Å². The van der Waals surface area contributed by atoms with Gasteiger partial charge in [-0.3, -0.25) is 9.59 Å². The van der Waals surface area contributed by atoms with E-state index in [1.807, 2.05) is 0 Å². The normalized spacial score (nSPS) is 35.3. The number of hydrogen-bond acceptors (Lipinski definition) is 3. The highest BCUT2D eigenvalue weighted by atomic mass is 16.5. The predicted octanol–water partition coefficient (Wildman–Crippen LogP) is 0.998. The van der Waals surface area contributed by atoms with Crippen molar-refractivity contribution < 1.29 is 14.3 Å². The predicted molar refractivity (Wildman–Crippen MR) is 54.1 cm³/mol. The van der Waals surface area contributed by atoms with E-state index in [0.29, 0.717) is 6.42 Å². The summed E-state index contributed by atoms with van der Waals surface area (Å²) in [6, 6.07) is 0. The van der Waals surface area contributed by atoms with E-state index in [9.17, 15) is 9.59 Å². The zero-order valence-corrected chi connectivity index (χ0v) is 9.04. The van der Waals surface area contributed by atoms with Crippen molar-refractivity contribution in [3.63, 3.8) is 0 Å². The number of carbonyl (C=O) groups excluding carboxylic acids is 2. The van der Waals surface area contributed by atoms with E-state index in [1.54, 1.807) is 0 Å². The van der Waals surface area contributed by atoms with Crippen LogP contribution in [0.25, 0.3) is 0 Å². The van der Waals surface area contributed by atoms with Gasteiger partial charge in [-0.1, -0.05) is 0 Å². The van der Waals surface area contributed by atoms with Crippen molar-refractivity contribution in [1.82, 2.24) is 5.32 Å². The standard InChI is InChI=1S/C11H17NO3/c1-15-10(14)8-2-5-11(6-3-8)7-4-9(13)12-11/h8H,2-7H2,1H3,(H,12,13)/t8-,11-. The summed E-state index contributed by atoms with van der Waals surface area (Å²) in [4.78, 5) is 22.5. The summed E-state index contributed by atoms with van der Waals surface area (Å²) in [7, 11) is 1.43. The topological polar surface area (TPSA) is 55.4 Å². The molecule has 1 amide bonds. The van der Waals surface area contributed by atoms with Crippen LogP contribution in [0.1, 0.15) is 38.5 Å². The fourth-order valence-corrected chi connectivity index (χ4v) is 2.72. The van der Waals surface area contributed by atoms with Crippen molar-refractivity contribution in [3.05, 3.63) is 0 Å². The minimum Gasteiger partial charge on any atom is -0.469 e. The van der Waals surface area contributed by atoms with Gasteiger partial charge >= 0.3 is 5.97 Å². The highest BCUT2D eigenvalue weighted by Crippen LogP contribution is 2.38. The van der Waals surface area contributed by atoms with E-state index >= 15 is 0 Å². The fraction of sp³-hybridized carbons (Fsp3) is 0.818. The number of esters is 1. The quantitative estimate of drug-likeness (QED) is 0.658. The number of rotatable bonds is 1. The van der Waals surface area contributed by atoms with E-state index in [-0.39, 0.29) is 23.3 Å². The van der Waals surface area contributed by atoms with Crippen LogP contribution in [0.3, 0.4) is 0 Å². The van der Waals surface area contributed by atoms with Gasteiger partial charge in [0.05, 0.1) is 13.0 Å². The van der Waals surface area contributed by atoms with Crippen molar-refractivity contribution in [3.8, 4) is 0 Å². The van der Waals surface area contributed by atoms with Crippen molar-refractivity contribution in [2.75, 3.05) is 7.11 Å². The maximum atomic E-state index is 11.3. The third kappa shape index (κ3) is 1.98. The number of carbonyl (C=O) groups is 2. The minimum absolute atomic E-state index is 0.00159. The van der Waals surface area contributed by atoms with Crippen molar-refractivity contribution >= 4 is 11.9 Å². The van der Waals surface area contributed by atoms with E-state index < -0.39 is 0 Å². The average Bonchev–Trinajstić information content (AvgIpc) is 2.60. The summed E-state index contributed by atoms with van der Waals surface area (Å²) in [5, 5.41) is 3.06. The van der Waals surface area contributed by atoms with Gasteiger partial charge in [0.1, 0.15) is 0 Å². The van der Waals surface area contributed by atoms with Gasteiger partial charge in [-0.25, -0.2) is 0 Å². The van der Waals surface area contributed by atoms with Crippen LogP contribution in [-0.4, -0.2) is 24.5 Å². The molecule has 1 N–H and O–H groups in total.